The van der Waals surface area contributed by atoms with E-state index in [2.05, 4.69) is 42.5 Å². The standard InChI is InChI=1S/C22H26N4O2/c1-6-8-15(2)18-11-12-21(17(4)13-18)28-14-19-16(3)9-7-10-20(19)26-22(27)25(5)23-24-26/h7-13H,6,14H2,1-5H3. The van der Waals surface area contributed by atoms with Crippen molar-refractivity contribution in [1.29, 1.82) is 0 Å². The van der Waals surface area contributed by atoms with Gasteiger partial charge in [-0.3, -0.25) is 0 Å². The summed E-state index contributed by atoms with van der Waals surface area (Å²) >= 11 is 0. The zero-order valence-corrected chi connectivity index (χ0v) is 17.1. The molecule has 146 valence electrons. The molecule has 0 atom stereocenters. The Morgan fingerprint density at radius 1 is 1.14 bits per heavy atom. The van der Waals surface area contributed by atoms with Gasteiger partial charge in [-0.1, -0.05) is 31.2 Å². The van der Waals surface area contributed by atoms with Gasteiger partial charge in [-0.25, -0.2) is 4.79 Å². The molecule has 0 unspecified atom stereocenters. The van der Waals surface area contributed by atoms with E-state index in [0.29, 0.717) is 12.3 Å². The van der Waals surface area contributed by atoms with Gasteiger partial charge in [-0.15, -0.1) is 0 Å². The second kappa shape index (κ2) is 8.25. The molecule has 0 radical (unpaired) electrons. The lowest BCUT2D eigenvalue weighted by molar-refractivity contribution is 0.302. The van der Waals surface area contributed by atoms with Crippen molar-refractivity contribution in [2.75, 3.05) is 0 Å². The number of aryl methyl sites for hydroxylation is 3. The van der Waals surface area contributed by atoms with Crippen LogP contribution in [0.4, 0.5) is 0 Å². The van der Waals surface area contributed by atoms with Gasteiger partial charge in [0.25, 0.3) is 0 Å². The number of ether oxygens (including phenoxy) is 1. The van der Waals surface area contributed by atoms with Gasteiger partial charge >= 0.3 is 5.69 Å². The van der Waals surface area contributed by atoms with Crippen LogP contribution in [0.3, 0.4) is 0 Å². The minimum absolute atomic E-state index is 0.287. The quantitative estimate of drug-likeness (QED) is 0.651. The molecule has 6 heteroatoms. The number of rotatable bonds is 6. The van der Waals surface area contributed by atoms with E-state index >= 15 is 0 Å². The van der Waals surface area contributed by atoms with Crippen molar-refractivity contribution in [2.45, 2.75) is 40.7 Å². The molecule has 3 rings (SSSR count). The van der Waals surface area contributed by atoms with Crippen LogP contribution < -0.4 is 10.4 Å². The summed E-state index contributed by atoms with van der Waals surface area (Å²) in [5.41, 5.74) is 5.89. The molecule has 0 aliphatic carbocycles. The van der Waals surface area contributed by atoms with E-state index in [1.807, 2.05) is 38.1 Å². The van der Waals surface area contributed by atoms with Crippen LogP contribution in [-0.2, 0) is 13.7 Å². The summed E-state index contributed by atoms with van der Waals surface area (Å²) in [5, 5.41) is 7.77. The predicted molar refractivity (Wildman–Crippen MR) is 111 cm³/mol. The van der Waals surface area contributed by atoms with Crippen molar-refractivity contribution in [2.24, 2.45) is 7.05 Å². The highest BCUT2D eigenvalue weighted by Gasteiger charge is 2.14. The Hall–Kier alpha value is -3.15. The molecule has 0 spiro atoms. The number of hydrogen-bond acceptors (Lipinski definition) is 4. The fourth-order valence-corrected chi connectivity index (χ4v) is 3.17. The minimum Gasteiger partial charge on any atom is -0.489 e. The van der Waals surface area contributed by atoms with E-state index in [1.54, 1.807) is 7.05 Å². The molecule has 1 heterocycles. The second-order valence-electron chi connectivity index (χ2n) is 6.93. The Balaban J connectivity index is 1.89. The summed E-state index contributed by atoms with van der Waals surface area (Å²) < 4.78 is 8.63. The van der Waals surface area contributed by atoms with Crippen LogP contribution in [0.1, 0.15) is 42.5 Å². The summed E-state index contributed by atoms with van der Waals surface area (Å²) in [5.74, 6) is 0.828. The monoisotopic (exact) mass is 378 g/mol. The number of allylic oxidation sites excluding steroid dienone is 2. The van der Waals surface area contributed by atoms with Crippen molar-refractivity contribution in [3.63, 3.8) is 0 Å². The van der Waals surface area contributed by atoms with Crippen molar-refractivity contribution in [3.8, 4) is 11.4 Å². The third-order valence-electron chi connectivity index (χ3n) is 4.85. The van der Waals surface area contributed by atoms with Gasteiger partial charge in [0.05, 0.1) is 5.69 Å². The van der Waals surface area contributed by atoms with Gasteiger partial charge in [0.1, 0.15) is 12.4 Å². The lowest BCUT2D eigenvalue weighted by atomic mass is 10.0. The van der Waals surface area contributed by atoms with Gasteiger partial charge in [-0.05, 0) is 78.1 Å². The smallest absolute Gasteiger partial charge is 0.368 e. The third-order valence-corrected chi connectivity index (χ3v) is 4.85. The molecular formula is C22H26N4O2. The first kappa shape index (κ1) is 19.6. The molecule has 28 heavy (non-hydrogen) atoms. The molecule has 0 saturated heterocycles. The highest BCUT2D eigenvalue weighted by Crippen LogP contribution is 2.26. The summed E-state index contributed by atoms with van der Waals surface area (Å²) in [6.45, 7) is 8.64. The SMILES string of the molecule is CCC=C(C)c1ccc(OCc2c(C)cccc2-n2nnn(C)c2=O)c(C)c1. The molecule has 6 nitrogen and oxygen atoms in total. The Bertz CT molecular complexity index is 1080. The minimum atomic E-state index is -0.287. The topological polar surface area (TPSA) is 61.9 Å². The second-order valence-corrected chi connectivity index (χ2v) is 6.93. The van der Waals surface area contributed by atoms with Crippen LogP contribution in [0, 0.1) is 13.8 Å². The molecule has 0 aliphatic rings. The highest BCUT2D eigenvalue weighted by atomic mass is 16.5. The zero-order chi connectivity index (χ0) is 20.3. The van der Waals surface area contributed by atoms with Gasteiger partial charge in [0.2, 0.25) is 0 Å². The van der Waals surface area contributed by atoms with E-state index in [9.17, 15) is 4.79 Å². The zero-order valence-electron chi connectivity index (χ0n) is 17.1. The molecule has 0 bridgehead atoms. The molecule has 0 amide bonds. The molecule has 0 saturated carbocycles. The molecule has 2 aromatic carbocycles. The number of nitrogens with zero attached hydrogens (tertiary/aromatic N) is 4. The van der Waals surface area contributed by atoms with Crippen LogP contribution in [0.2, 0.25) is 0 Å². The first-order valence-electron chi connectivity index (χ1n) is 9.40. The van der Waals surface area contributed by atoms with Crippen LogP contribution in [0.5, 0.6) is 5.75 Å². The van der Waals surface area contributed by atoms with E-state index in [4.69, 9.17) is 4.74 Å². The average Bonchev–Trinajstić information content (AvgIpc) is 3.00. The molecule has 0 aliphatic heterocycles. The van der Waals surface area contributed by atoms with Crippen LogP contribution in [0.15, 0.2) is 47.3 Å². The van der Waals surface area contributed by atoms with E-state index in [-0.39, 0.29) is 5.69 Å². The molecule has 3 aromatic rings. The van der Waals surface area contributed by atoms with Gasteiger partial charge < -0.3 is 4.74 Å². The van der Waals surface area contributed by atoms with Gasteiger partial charge in [-0.2, -0.15) is 9.36 Å². The van der Waals surface area contributed by atoms with E-state index in [1.165, 1.54) is 20.5 Å². The number of benzene rings is 2. The Kier molecular flexibility index (Phi) is 5.78. The van der Waals surface area contributed by atoms with Gasteiger partial charge in [0.15, 0.2) is 0 Å². The number of aromatic nitrogens is 4. The Morgan fingerprint density at radius 3 is 2.57 bits per heavy atom. The largest absolute Gasteiger partial charge is 0.489 e. The third kappa shape index (κ3) is 3.91. The lowest BCUT2D eigenvalue weighted by Gasteiger charge is -2.15. The normalized spacial score (nSPS) is 11.7. The Labute approximate surface area is 165 Å². The first-order valence-corrected chi connectivity index (χ1v) is 9.40. The molecular weight excluding hydrogens is 352 g/mol. The van der Waals surface area contributed by atoms with Crippen molar-refractivity contribution < 1.29 is 4.74 Å². The van der Waals surface area contributed by atoms with E-state index in [0.717, 1.165) is 28.9 Å². The molecule has 0 N–H and O–H groups in total. The highest BCUT2D eigenvalue weighted by molar-refractivity contribution is 5.65. The average molecular weight is 378 g/mol. The predicted octanol–water partition coefficient (Wildman–Crippen LogP) is 3.98. The van der Waals surface area contributed by atoms with E-state index < -0.39 is 0 Å². The summed E-state index contributed by atoms with van der Waals surface area (Å²) in [4.78, 5) is 12.3. The number of tetrazole rings is 1. The number of hydrogen-bond donors (Lipinski definition) is 0. The maximum atomic E-state index is 12.3. The fourth-order valence-electron chi connectivity index (χ4n) is 3.17. The van der Waals surface area contributed by atoms with Crippen molar-refractivity contribution in [1.82, 2.24) is 19.8 Å². The lowest BCUT2D eigenvalue weighted by Crippen LogP contribution is -2.23. The summed E-state index contributed by atoms with van der Waals surface area (Å²) in [6.07, 6.45) is 3.23. The van der Waals surface area contributed by atoms with Crippen LogP contribution >= 0.6 is 0 Å². The first-order chi connectivity index (χ1) is 13.4. The summed E-state index contributed by atoms with van der Waals surface area (Å²) in [7, 11) is 1.58. The summed E-state index contributed by atoms with van der Waals surface area (Å²) in [6, 6.07) is 12.0. The fraction of sp³-hybridized carbons (Fsp3) is 0.318. The van der Waals surface area contributed by atoms with Gasteiger partial charge in [0, 0.05) is 12.6 Å². The van der Waals surface area contributed by atoms with Crippen molar-refractivity contribution >= 4 is 5.57 Å². The molecule has 0 fully saturated rings. The molecule has 1 aromatic heterocycles. The van der Waals surface area contributed by atoms with Crippen LogP contribution in [-0.4, -0.2) is 19.8 Å². The maximum absolute atomic E-state index is 12.3. The Morgan fingerprint density at radius 2 is 1.93 bits per heavy atom. The maximum Gasteiger partial charge on any atom is 0.368 e. The van der Waals surface area contributed by atoms with Crippen molar-refractivity contribution in [3.05, 3.63) is 75.2 Å². The van der Waals surface area contributed by atoms with Crippen LogP contribution in [0.25, 0.3) is 11.3 Å².